The van der Waals surface area contributed by atoms with Crippen molar-refractivity contribution in [2.24, 2.45) is 0 Å². The topological polar surface area (TPSA) is 131 Å². The molecule has 160 valence electrons. The number of benzene rings is 1. The minimum Gasteiger partial charge on any atom is -0.451 e. The number of nitrogens with zero attached hydrogens (tertiary/aromatic N) is 1. The zero-order chi connectivity index (χ0) is 21.6. The third kappa shape index (κ3) is 6.24. The molecule has 1 aromatic carbocycles. The van der Waals surface area contributed by atoms with Crippen molar-refractivity contribution in [1.82, 2.24) is 9.62 Å². The maximum atomic E-state index is 12.6. The fraction of sp³-hybridized carbons (Fsp3) is 0.500. The lowest BCUT2D eigenvalue weighted by molar-refractivity contribution is -0.155. The SMILES string of the molecule is CC(=O)N[C@H](C)C(=O)O[C@H](C)C(=O)Nc1ccc(S(=O)(=O)N2CCOCC2)cc1. The van der Waals surface area contributed by atoms with E-state index in [0.717, 1.165) is 0 Å². The van der Waals surface area contributed by atoms with Gasteiger partial charge in [-0.25, -0.2) is 13.2 Å². The molecule has 0 radical (unpaired) electrons. The second-order valence-corrected chi connectivity index (χ2v) is 8.47. The van der Waals surface area contributed by atoms with Crippen molar-refractivity contribution in [2.45, 2.75) is 37.8 Å². The van der Waals surface area contributed by atoms with Crippen LogP contribution in [0.4, 0.5) is 5.69 Å². The van der Waals surface area contributed by atoms with Gasteiger partial charge in [-0.15, -0.1) is 0 Å². The minimum atomic E-state index is -3.62. The second-order valence-electron chi connectivity index (χ2n) is 6.53. The molecule has 0 aromatic heterocycles. The maximum absolute atomic E-state index is 12.6. The molecule has 0 spiro atoms. The van der Waals surface area contributed by atoms with Crippen LogP contribution in [0, 0.1) is 0 Å². The molecule has 0 bridgehead atoms. The molecule has 2 atom stereocenters. The number of amides is 2. The number of sulfonamides is 1. The quantitative estimate of drug-likeness (QED) is 0.590. The first kappa shape index (κ1) is 22.8. The van der Waals surface area contributed by atoms with Crippen LogP contribution in [0.15, 0.2) is 29.2 Å². The molecule has 11 heteroatoms. The summed E-state index contributed by atoms with van der Waals surface area (Å²) < 4.78 is 36.7. The van der Waals surface area contributed by atoms with Crippen LogP contribution in [-0.2, 0) is 33.9 Å². The van der Waals surface area contributed by atoms with Gasteiger partial charge in [0.15, 0.2) is 6.10 Å². The van der Waals surface area contributed by atoms with Crippen LogP contribution >= 0.6 is 0 Å². The molecule has 1 saturated heterocycles. The maximum Gasteiger partial charge on any atom is 0.329 e. The van der Waals surface area contributed by atoms with Gasteiger partial charge in [-0.3, -0.25) is 9.59 Å². The van der Waals surface area contributed by atoms with Crippen LogP contribution in [0.25, 0.3) is 0 Å². The van der Waals surface area contributed by atoms with Crippen LogP contribution in [0.5, 0.6) is 0 Å². The van der Waals surface area contributed by atoms with E-state index in [0.29, 0.717) is 32.0 Å². The summed E-state index contributed by atoms with van der Waals surface area (Å²) in [6.07, 6.45) is -1.10. The van der Waals surface area contributed by atoms with Crippen LogP contribution in [0.2, 0.25) is 0 Å². The van der Waals surface area contributed by atoms with Gasteiger partial charge < -0.3 is 20.1 Å². The molecule has 2 rings (SSSR count). The van der Waals surface area contributed by atoms with E-state index in [4.69, 9.17) is 9.47 Å². The first-order chi connectivity index (χ1) is 13.6. The van der Waals surface area contributed by atoms with Crippen molar-refractivity contribution in [1.29, 1.82) is 0 Å². The summed E-state index contributed by atoms with van der Waals surface area (Å²) in [7, 11) is -3.62. The van der Waals surface area contributed by atoms with E-state index in [1.807, 2.05) is 0 Å². The Labute approximate surface area is 169 Å². The Balaban J connectivity index is 1.95. The second kappa shape index (κ2) is 9.81. The highest BCUT2D eigenvalue weighted by Crippen LogP contribution is 2.19. The van der Waals surface area contributed by atoms with Gasteiger partial charge in [0.25, 0.3) is 5.91 Å². The number of rotatable bonds is 7. The summed E-state index contributed by atoms with van der Waals surface area (Å²) in [5, 5.41) is 4.92. The number of anilines is 1. The first-order valence-corrected chi connectivity index (χ1v) is 10.5. The van der Waals surface area contributed by atoms with Crippen LogP contribution < -0.4 is 10.6 Å². The number of hydrogen-bond acceptors (Lipinski definition) is 7. The molecule has 0 aliphatic carbocycles. The number of carbonyl (C=O) groups excluding carboxylic acids is 3. The standard InChI is InChI=1S/C18H25N3O7S/c1-12(19-14(3)22)18(24)28-13(2)17(23)20-15-4-6-16(7-5-15)29(25,26)21-8-10-27-11-9-21/h4-7,12-13H,8-11H2,1-3H3,(H,19,22)(H,20,23)/t12-,13-/m1/s1. The highest BCUT2D eigenvalue weighted by atomic mass is 32.2. The lowest BCUT2D eigenvalue weighted by atomic mass is 10.3. The van der Waals surface area contributed by atoms with Gasteiger partial charge in [0.05, 0.1) is 18.1 Å². The van der Waals surface area contributed by atoms with Crippen molar-refractivity contribution >= 4 is 33.5 Å². The highest BCUT2D eigenvalue weighted by molar-refractivity contribution is 7.89. The van der Waals surface area contributed by atoms with Crippen molar-refractivity contribution in [3.8, 4) is 0 Å². The van der Waals surface area contributed by atoms with Crippen LogP contribution in [-0.4, -0.2) is 69.0 Å². The number of morpholine rings is 1. The molecular formula is C18H25N3O7S. The molecule has 10 nitrogen and oxygen atoms in total. The normalized spacial score (nSPS) is 17.1. The first-order valence-electron chi connectivity index (χ1n) is 9.07. The fourth-order valence-corrected chi connectivity index (χ4v) is 3.99. The van der Waals surface area contributed by atoms with E-state index in [-0.39, 0.29) is 4.90 Å². The van der Waals surface area contributed by atoms with Gasteiger partial charge in [-0.2, -0.15) is 4.31 Å². The zero-order valence-corrected chi connectivity index (χ0v) is 17.3. The monoisotopic (exact) mass is 427 g/mol. The van der Waals surface area contributed by atoms with Crippen LogP contribution in [0.1, 0.15) is 20.8 Å². The number of esters is 1. The Bertz CT molecular complexity index is 849. The van der Waals surface area contributed by atoms with Crippen molar-refractivity contribution in [3.05, 3.63) is 24.3 Å². The van der Waals surface area contributed by atoms with Crippen molar-refractivity contribution < 1.29 is 32.3 Å². The summed E-state index contributed by atoms with van der Waals surface area (Å²) >= 11 is 0. The van der Waals surface area contributed by atoms with E-state index in [1.165, 1.54) is 49.3 Å². The Morgan fingerprint density at radius 3 is 2.24 bits per heavy atom. The summed E-state index contributed by atoms with van der Waals surface area (Å²) in [5.74, 6) is -1.72. The number of hydrogen-bond donors (Lipinski definition) is 2. The Morgan fingerprint density at radius 2 is 1.69 bits per heavy atom. The average Bonchev–Trinajstić information content (AvgIpc) is 2.68. The average molecular weight is 427 g/mol. The molecule has 2 N–H and O–H groups in total. The third-order valence-corrected chi connectivity index (χ3v) is 6.08. The van der Waals surface area contributed by atoms with Crippen molar-refractivity contribution in [3.63, 3.8) is 0 Å². The zero-order valence-electron chi connectivity index (χ0n) is 16.5. The molecule has 0 saturated carbocycles. The third-order valence-electron chi connectivity index (χ3n) is 4.17. The molecule has 1 aliphatic heterocycles. The van der Waals surface area contributed by atoms with Gasteiger partial charge in [0.2, 0.25) is 15.9 Å². The largest absolute Gasteiger partial charge is 0.451 e. The Kier molecular flexibility index (Phi) is 7.71. The van der Waals surface area contributed by atoms with Gasteiger partial charge in [-0.1, -0.05) is 0 Å². The van der Waals surface area contributed by atoms with Crippen LogP contribution in [0.3, 0.4) is 0 Å². The van der Waals surface area contributed by atoms with Gasteiger partial charge in [-0.05, 0) is 38.1 Å². The Hall–Kier alpha value is -2.50. The predicted octanol–water partition coefficient (Wildman–Crippen LogP) is 0.102. The number of carbonyl (C=O) groups is 3. The highest BCUT2D eigenvalue weighted by Gasteiger charge is 2.26. The van der Waals surface area contributed by atoms with E-state index in [9.17, 15) is 22.8 Å². The van der Waals surface area contributed by atoms with E-state index in [1.54, 1.807) is 0 Å². The summed E-state index contributed by atoms with van der Waals surface area (Å²) in [4.78, 5) is 35.1. The molecule has 1 aliphatic rings. The van der Waals surface area contributed by atoms with Gasteiger partial charge in [0.1, 0.15) is 6.04 Å². The predicted molar refractivity (Wildman–Crippen MR) is 103 cm³/mol. The van der Waals surface area contributed by atoms with E-state index >= 15 is 0 Å². The van der Waals surface area contributed by atoms with Crippen molar-refractivity contribution in [2.75, 3.05) is 31.6 Å². The molecule has 2 amide bonds. The number of nitrogens with one attached hydrogen (secondary N) is 2. The van der Waals surface area contributed by atoms with Gasteiger partial charge >= 0.3 is 5.97 Å². The van der Waals surface area contributed by atoms with E-state index in [2.05, 4.69) is 10.6 Å². The van der Waals surface area contributed by atoms with E-state index < -0.39 is 40.0 Å². The smallest absolute Gasteiger partial charge is 0.329 e. The summed E-state index contributed by atoms with van der Waals surface area (Å²) in [6.45, 7) is 5.39. The lowest BCUT2D eigenvalue weighted by Crippen LogP contribution is -2.41. The Morgan fingerprint density at radius 1 is 1.10 bits per heavy atom. The molecule has 1 fully saturated rings. The molecule has 0 unspecified atom stereocenters. The fourth-order valence-electron chi connectivity index (χ4n) is 2.58. The minimum absolute atomic E-state index is 0.112. The summed E-state index contributed by atoms with van der Waals surface area (Å²) in [5.41, 5.74) is 0.355. The van der Waals surface area contributed by atoms with Gasteiger partial charge in [0, 0.05) is 25.7 Å². The summed E-state index contributed by atoms with van der Waals surface area (Å²) in [6, 6.07) is 4.83. The number of ether oxygens (including phenoxy) is 2. The molecular weight excluding hydrogens is 402 g/mol. The molecule has 1 aromatic rings. The lowest BCUT2D eigenvalue weighted by Gasteiger charge is -2.26. The molecule has 29 heavy (non-hydrogen) atoms. The molecule has 1 heterocycles.